The lowest BCUT2D eigenvalue weighted by Gasteiger charge is -2.06. The van der Waals surface area contributed by atoms with E-state index < -0.39 is 0 Å². The van der Waals surface area contributed by atoms with E-state index in [0.29, 0.717) is 12.3 Å². The van der Waals surface area contributed by atoms with Gasteiger partial charge in [-0.2, -0.15) is 0 Å². The molecule has 1 N–H and O–H groups in total. The number of nitrogens with one attached hydrogen (secondary N) is 1. The van der Waals surface area contributed by atoms with E-state index in [4.69, 9.17) is 4.74 Å². The van der Waals surface area contributed by atoms with Crippen molar-refractivity contribution < 1.29 is 9.53 Å². The van der Waals surface area contributed by atoms with Crippen LogP contribution in [0.2, 0.25) is 0 Å². The maximum absolute atomic E-state index is 11.6. The highest BCUT2D eigenvalue weighted by molar-refractivity contribution is 7.11. The molecular weight excluding hydrogens is 260 g/mol. The molecule has 1 aromatic carbocycles. The molecule has 1 amide bonds. The Balaban J connectivity index is 1.76. The predicted octanol–water partition coefficient (Wildman–Crippen LogP) is 2.46. The third-order valence-electron chi connectivity index (χ3n) is 2.62. The fourth-order valence-corrected chi connectivity index (χ4v) is 2.38. The first kappa shape index (κ1) is 13.5. The van der Waals surface area contributed by atoms with Gasteiger partial charge in [-0.05, 0) is 26.0 Å². The number of amides is 1. The molecule has 0 saturated heterocycles. The van der Waals surface area contributed by atoms with Crippen LogP contribution in [0.25, 0.3) is 0 Å². The largest absolute Gasteiger partial charge is 0.484 e. The number of benzene rings is 1. The third-order valence-corrected chi connectivity index (χ3v) is 3.70. The Hall–Kier alpha value is -1.88. The second-order valence-corrected chi connectivity index (χ2v) is 5.42. The quantitative estimate of drug-likeness (QED) is 0.912. The number of ether oxygens (including phenoxy) is 1. The predicted molar refractivity (Wildman–Crippen MR) is 75.4 cm³/mol. The van der Waals surface area contributed by atoms with Gasteiger partial charge in [-0.1, -0.05) is 18.2 Å². The number of aryl methyl sites for hydroxylation is 2. The first-order valence-electron chi connectivity index (χ1n) is 6.02. The Bertz CT molecular complexity index is 532. The van der Waals surface area contributed by atoms with Gasteiger partial charge >= 0.3 is 0 Å². The molecule has 1 heterocycles. The summed E-state index contributed by atoms with van der Waals surface area (Å²) in [5.41, 5.74) is 1.02. The third kappa shape index (κ3) is 4.06. The fraction of sp³-hybridized carbons (Fsp3) is 0.286. The summed E-state index contributed by atoms with van der Waals surface area (Å²) in [5, 5.41) is 3.71. The van der Waals surface area contributed by atoms with Crippen molar-refractivity contribution in [2.24, 2.45) is 0 Å². The van der Waals surface area contributed by atoms with Gasteiger partial charge in [0.05, 0.1) is 12.2 Å². The minimum absolute atomic E-state index is 0.0212. The second-order valence-electron chi connectivity index (χ2n) is 4.13. The zero-order valence-corrected chi connectivity index (χ0v) is 11.8. The van der Waals surface area contributed by atoms with Gasteiger partial charge in [-0.15, -0.1) is 11.3 Å². The minimum Gasteiger partial charge on any atom is -0.484 e. The summed E-state index contributed by atoms with van der Waals surface area (Å²) >= 11 is 1.60. The maximum Gasteiger partial charge on any atom is 0.258 e. The van der Waals surface area contributed by atoms with E-state index in [9.17, 15) is 4.79 Å². The van der Waals surface area contributed by atoms with Gasteiger partial charge in [0, 0.05) is 4.88 Å². The number of thiazole rings is 1. The molecule has 0 fully saturated rings. The van der Waals surface area contributed by atoms with Crippen LogP contribution in [-0.4, -0.2) is 17.5 Å². The van der Waals surface area contributed by atoms with Crippen molar-refractivity contribution in [1.29, 1.82) is 0 Å². The molecule has 0 aliphatic heterocycles. The molecule has 0 saturated carbocycles. The number of carbonyl (C=O) groups excluding carboxylic acids is 1. The maximum atomic E-state index is 11.6. The van der Waals surface area contributed by atoms with Crippen LogP contribution in [0.1, 0.15) is 15.6 Å². The Labute approximate surface area is 116 Å². The number of hydrogen-bond donors (Lipinski definition) is 1. The smallest absolute Gasteiger partial charge is 0.258 e. The molecule has 0 aliphatic rings. The lowest BCUT2D eigenvalue weighted by molar-refractivity contribution is -0.123. The van der Waals surface area contributed by atoms with Crippen molar-refractivity contribution in [2.75, 3.05) is 6.61 Å². The molecule has 2 aromatic rings. The van der Waals surface area contributed by atoms with E-state index in [1.165, 1.54) is 4.88 Å². The van der Waals surface area contributed by atoms with Crippen LogP contribution in [0.15, 0.2) is 30.3 Å². The molecule has 1 aromatic heterocycles. The van der Waals surface area contributed by atoms with E-state index >= 15 is 0 Å². The van der Waals surface area contributed by atoms with Crippen molar-refractivity contribution in [3.63, 3.8) is 0 Å². The molecule has 0 unspecified atom stereocenters. The second kappa shape index (κ2) is 6.33. The van der Waals surface area contributed by atoms with Crippen LogP contribution in [0.4, 0.5) is 0 Å². The van der Waals surface area contributed by atoms with E-state index in [2.05, 4.69) is 10.3 Å². The molecule has 19 heavy (non-hydrogen) atoms. The number of carbonyl (C=O) groups is 1. The zero-order chi connectivity index (χ0) is 13.7. The molecule has 0 aliphatic carbocycles. The van der Waals surface area contributed by atoms with Crippen LogP contribution in [-0.2, 0) is 11.3 Å². The first-order valence-corrected chi connectivity index (χ1v) is 6.84. The lowest BCUT2D eigenvalue weighted by atomic mass is 10.3. The highest BCUT2D eigenvalue weighted by Gasteiger charge is 2.06. The molecule has 4 nitrogen and oxygen atoms in total. The van der Waals surface area contributed by atoms with Gasteiger partial charge in [0.25, 0.3) is 5.91 Å². The molecular formula is C14H16N2O2S. The molecule has 100 valence electrons. The van der Waals surface area contributed by atoms with E-state index in [1.54, 1.807) is 11.3 Å². The van der Waals surface area contributed by atoms with Gasteiger partial charge in [0.15, 0.2) is 6.61 Å². The fourth-order valence-electron chi connectivity index (χ4n) is 1.51. The van der Waals surface area contributed by atoms with Crippen LogP contribution in [0.5, 0.6) is 5.75 Å². The van der Waals surface area contributed by atoms with E-state index in [1.807, 2.05) is 44.2 Å². The standard InChI is InChI=1S/C14H16N2O2S/c1-10-11(2)19-14(16-10)8-15-13(17)9-18-12-6-4-3-5-7-12/h3-7H,8-9H2,1-2H3,(H,15,17). The molecule has 2 rings (SSSR count). The summed E-state index contributed by atoms with van der Waals surface area (Å²) in [7, 11) is 0. The molecule has 0 atom stereocenters. The van der Waals surface area contributed by atoms with Crippen LogP contribution >= 0.6 is 11.3 Å². The van der Waals surface area contributed by atoms with Crippen LogP contribution < -0.4 is 10.1 Å². The van der Waals surface area contributed by atoms with Gasteiger partial charge in [0.1, 0.15) is 10.8 Å². The van der Waals surface area contributed by atoms with E-state index in [-0.39, 0.29) is 12.5 Å². The summed E-state index contributed by atoms with van der Waals surface area (Å²) in [6, 6.07) is 9.28. The van der Waals surface area contributed by atoms with Crippen LogP contribution in [0, 0.1) is 13.8 Å². The van der Waals surface area contributed by atoms with Crippen molar-refractivity contribution in [1.82, 2.24) is 10.3 Å². The Kier molecular flexibility index (Phi) is 4.52. The summed E-state index contributed by atoms with van der Waals surface area (Å²) < 4.78 is 5.36. The number of hydrogen-bond acceptors (Lipinski definition) is 4. The number of nitrogens with zero attached hydrogens (tertiary/aromatic N) is 1. The van der Waals surface area contributed by atoms with Gasteiger partial charge in [0.2, 0.25) is 0 Å². The van der Waals surface area contributed by atoms with Crippen molar-refractivity contribution in [3.8, 4) is 5.75 Å². The zero-order valence-electron chi connectivity index (χ0n) is 11.0. The van der Waals surface area contributed by atoms with Crippen LogP contribution in [0.3, 0.4) is 0 Å². The number of aromatic nitrogens is 1. The van der Waals surface area contributed by atoms with Crippen molar-refractivity contribution >= 4 is 17.2 Å². The number of rotatable bonds is 5. The molecule has 0 spiro atoms. The average molecular weight is 276 g/mol. The Morgan fingerprint density at radius 2 is 2.05 bits per heavy atom. The van der Waals surface area contributed by atoms with Gasteiger partial charge in [-0.25, -0.2) is 4.98 Å². The minimum atomic E-state index is -0.144. The highest BCUT2D eigenvalue weighted by Crippen LogP contribution is 2.15. The lowest BCUT2D eigenvalue weighted by Crippen LogP contribution is -2.28. The molecule has 0 radical (unpaired) electrons. The summed E-state index contributed by atoms with van der Waals surface area (Å²) in [5.74, 6) is 0.549. The van der Waals surface area contributed by atoms with Crippen molar-refractivity contribution in [2.45, 2.75) is 20.4 Å². The average Bonchev–Trinajstić information content (AvgIpc) is 2.74. The normalized spacial score (nSPS) is 10.2. The SMILES string of the molecule is Cc1nc(CNC(=O)COc2ccccc2)sc1C. The van der Waals surface area contributed by atoms with Crippen molar-refractivity contribution in [3.05, 3.63) is 45.9 Å². The Morgan fingerprint density at radius 1 is 1.32 bits per heavy atom. The topological polar surface area (TPSA) is 51.2 Å². The summed E-state index contributed by atoms with van der Waals surface area (Å²) in [6.45, 7) is 4.47. The summed E-state index contributed by atoms with van der Waals surface area (Å²) in [4.78, 5) is 17.2. The van der Waals surface area contributed by atoms with Gasteiger partial charge < -0.3 is 10.1 Å². The molecule has 5 heteroatoms. The first-order chi connectivity index (χ1) is 9.15. The highest BCUT2D eigenvalue weighted by atomic mass is 32.1. The monoisotopic (exact) mass is 276 g/mol. The Morgan fingerprint density at radius 3 is 2.68 bits per heavy atom. The molecule has 0 bridgehead atoms. The van der Waals surface area contributed by atoms with E-state index in [0.717, 1.165) is 10.7 Å². The number of para-hydroxylation sites is 1. The summed E-state index contributed by atoms with van der Waals surface area (Å²) in [6.07, 6.45) is 0. The van der Waals surface area contributed by atoms with Gasteiger partial charge in [-0.3, -0.25) is 4.79 Å².